The van der Waals surface area contributed by atoms with Gasteiger partial charge in [-0.15, -0.1) is 11.3 Å². The SMILES string of the molecule is CC(C)(C)c1ccc(O)c(C=Nc2ccccc2-c2nc3c(-c4cccc5c4oc4ccccc45)cc(-c4ccc(-c5ccc(F)cc5)cc4)cc3s2)c1. The van der Waals surface area contributed by atoms with E-state index in [2.05, 4.69) is 81.4 Å². The highest BCUT2D eigenvalue weighted by molar-refractivity contribution is 7.21. The smallest absolute Gasteiger partial charge is 0.143 e. The molecule has 6 heteroatoms. The molecule has 2 aromatic heterocycles. The van der Waals surface area contributed by atoms with Crippen LogP contribution in [0.25, 0.3) is 76.1 Å². The first-order valence-electron chi connectivity index (χ1n) is 17.9. The topological polar surface area (TPSA) is 58.6 Å². The monoisotopic (exact) mass is 722 g/mol. The van der Waals surface area contributed by atoms with Gasteiger partial charge in [0, 0.05) is 39.2 Å². The first kappa shape index (κ1) is 33.5. The van der Waals surface area contributed by atoms with E-state index in [1.54, 1.807) is 35.8 Å². The van der Waals surface area contributed by atoms with E-state index in [-0.39, 0.29) is 17.0 Å². The fraction of sp³-hybridized carbons (Fsp3) is 0.0833. The van der Waals surface area contributed by atoms with Crippen LogP contribution in [0.4, 0.5) is 10.1 Å². The van der Waals surface area contributed by atoms with Crippen molar-refractivity contribution in [2.24, 2.45) is 4.99 Å². The van der Waals surface area contributed by atoms with Crippen molar-refractivity contribution in [1.82, 2.24) is 4.98 Å². The summed E-state index contributed by atoms with van der Waals surface area (Å²) in [5.74, 6) is -0.0638. The van der Waals surface area contributed by atoms with Crippen LogP contribution in [0.1, 0.15) is 31.9 Å². The molecule has 0 aliphatic heterocycles. The number of rotatable bonds is 6. The zero-order valence-electron chi connectivity index (χ0n) is 30.0. The van der Waals surface area contributed by atoms with E-state index in [1.807, 2.05) is 54.6 Å². The predicted octanol–water partition coefficient (Wildman–Crippen LogP) is 13.8. The normalized spacial score (nSPS) is 12.1. The molecule has 0 spiro atoms. The number of furan rings is 1. The van der Waals surface area contributed by atoms with E-state index in [1.165, 1.54) is 12.1 Å². The van der Waals surface area contributed by atoms with Crippen molar-refractivity contribution in [1.29, 1.82) is 0 Å². The Balaban J connectivity index is 1.20. The maximum atomic E-state index is 13.6. The van der Waals surface area contributed by atoms with Gasteiger partial charge in [-0.1, -0.05) is 112 Å². The molecule has 4 nitrogen and oxygen atoms in total. The van der Waals surface area contributed by atoms with Crippen molar-refractivity contribution < 1.29 is 13.9 Å². The zero-order chi connectivity index (χ0) is 37.0. The highest BCUT2D eigenvalue weighted by Gasteiger charge is 2.20. The minimum atomic E-state index is -0.251. The molecular weight excluding hydrogens is 688 g/mol. The van der Waals surface area contributed by atoms with Gasteiger partial charge < -0.3 is 9.52 Å². The third-order valence-corrected chi connectivity index (χ3v) is 11.0. The fourth-order valence-electron chi connectivity index (χ4n) is 7.00. The number of nitrogens with zero attached hydrogens (tertiary/aromatic N) is 2. The fourth-order valence-corrected chi connectivity index (χ4v) is 8.07. The number of para-hydroxylation sites is 3. The first-order chi connectivity index (χ1) is 26.2. The van der Waals surface area contributed by atoms with E-state index in [4.69, 9.17) is 14.4 Å². The minimum Gasteiger partial charge on any atom is -0.507 e. The Hall–Kier alpha value is -6.37. The molecule has 9 aromatic rings. The van der Waals surface area contributed by atoms with Crippen molar-refractivity contribution in [3.63, 3.8) is 0 Å². The summed E-state index contributed by atoms with van der Waals surface area (Å²) in [7, 11) is 0. The number of phenols is 1. The standard InChI is InChI=1S/C48H35FN2O2S/c1-48(2,3)34-21-24-42(52)33(25-34)28-50-41-13-6-4-10-39(41)47-51-45-40(38-12-8-11-37-36-9-5-7-14-43(36)53-46(37)38)26-32(27-44(45)54-47)31-17-15-29(16-18-31)30-19-22-35(49)23-20-30/h4-28,52H,1-3H3. The summed E-state index contributed by atoms with van der Waals surface area (Å²) in [6, 6.07) is 47.5. The van der Waals surface area contributed by atoms with E-state index in [9.17, 15) is 9.50 Å². The summed E-state index contributed by atoms with van der Waals surface area (Å²) in [6.45, 7) is 6.46. The molecule has 0 saturated heterocycles. The highest BCUT2D eigenvalue weighted by atomic mass is 32.1. The van der Waals surface area contributed by atoms with Crippen LogP contribution < -0.4 is 0 Å². The molecule has 0 aliphatic carbocycles. The molecule has 0 fully saturated rings. The number of halogens is 1. The highest BCUT2D eigenvalue weighted by Crippen LogP contribution is 2.44. The summed E-state index contributed by atoms with van der Waals surface area (Å²) in [4.78, 5) is 10.2. The number of benzene rings is 7. The lowest BCUT2D eigenvalue weighted by molar-refractivity contribution is 0.473. The van der Waals surface area contributed by atoms with Gasteiger partial charge in [0.1, 0.15) is 27.7 Å². The van der Waals surface area contributed by atoms with Gasteiger partial charge in [0.2, 0.25) is 0 Å². The van der Waals surface area contributed by atoms with Crippen molar-refractivity contribution in [2.75, 3.05) is 0 Å². The van der Waals surface area contributed by atoms with Crippen LogP contribution in [0.3, 0.4) is 0 Å². The van der Waals surface area contributed by atoms with Crippen LogP contribution >= 0.6 is 11.3 Å². The second kappa shape index (κ2) is 13.2. The van der Waals surface area contributed by atoms with Gasteiger partial charge in [-0.2, -0.15) is 0 Å². The molecule has 0 saturated carbocycles. The van der Waals surface area contributed by atoms with E-state index in [0.717, 1.165) is 87.4 Å². The van der Waals surface area contributed by atoms with Crippen molar-refractivity contribution in [3.8, 4) is 49.7 Å². The number of thiazole rings is 1. The summed E-state index contributed by atoms with van der Waals surface area (Å²) in [5.41, 5.74) is 11.9. The maximum Gasteiger partial charge on any atom is 0.143 e. The third-order valence-electron chi connectivity index (χ3n) is 9.96. The Kier molecular flexibility index (Phi) is 8.21. The van der Waals surface area contributed by atoms with E-state index in [0.29, 0.717) is 5.56 Å². The molecule has 0 radical (unpaired) electrons. The van der Waals surface area contributed by atoms with Crippen LogP contribution in [0.15, 0.2) is 155 Å². The van der Waals surface area contributed by atoms with Gasteiger partial charge >= 0.3 is 0 Å². The number of hydrogen-bond donors (Lipinski definition) is 1. The average Bonchev–Trinajstić information content (AvgIpc) is 3.79. The van der Waals surface area contributed by atoms with Crippen molar-refractivity contribution in [3.05, 3.63) is 163 Å². The summed E-state index contributed by atoms with van der Waals surface area (Å²) in [6.07, 6.45) is 1.73. The molecule has 262 valence electrons. The average molecular weight is 723 g/mol. The van der Waals surface area contributed by atoms with Crippen molar-refractivity contribution in [2.45, 2.75) is 26.2 Å². The second-order valence-corrected chi connectivity index (χ2v) is 15.6. The molecule has 2 heterocycles. The number of fused-ring (bicyclic) bond motifs is 4. The lowest BCUT2D eigenvalue weighted by Crippen LogP contribution is -2.11. The number of aromatic nitrogens is 1. The lowest BCUT2D eigenvalue weighted by Gasteiger charge is -2.19. The van der Waals surface area contributed by atoms with Gasteiger partial charge in [-0.25, -0.2) is 9.37 Å². The van der Waals surface area contributed by atoms with Crippen LogP contribution in [-0.4, -0.2) is 16.3 Å². The number of hydrogen-bond acceptors (Lipinski definition) is 5. The molecule has 0 unspecified atom stereocenters. The minimum absolute atomic E-state index is 0.0664. The first-order valence-corrected chi connectivity index (χ1v) is 18.7. The summed E-state index contributed by atoms with van der Waals surface area (Å²) >= 11 is 1.62. The van der Waals surface area contributed by atoms with Gasteiger partial charge in [-0.05, 0) is 87.8 Å². The summed E-state index contributed by atoms with van der Waals surface area (Å²) in [5, 5.41) is 13.7. The Morgan fingerprint density at radius 3 is 2.11 bits per heavy atom. The lowest BCUT2D eigenvalue weighted by atomic mass is 9.86. The molecule has 0 bridgehead atoms. The Bertz CT molecular complexity index is 2880. The number of aromatic hydroxyl groups is 1. The molecule has 0 amide bonds. The Morgan fingerprint density at radius 2 is 1.33 bits per heavy atom. The van der Waals surface area contributed by atoms with E-state index < -0.39 is 0 Å². The van der Waals surface area contributed by atoms with Gasteiger partial charge in [0.05, 0.1) is 15.9 Å². The second-order valence-electron chi connectivity index (χ2n) is 14.6. The van der Waals surface area contributed by atoms with Gasteiger partial charge in [0.15, 0.2) is 0 Å². The Morgan fingerprint density at radius 1 is 0.667 bits per heavy atom. The van der Waals surface area contributed by atoms with Gasteiger partial charge in [0.25, 0.3) is 0 Å². The summed E-state index contributed by atoms with van der Waals surface area (Å²) < 4.78 is 21.2. The zero-order valence-corrected chi connectivity index (χ0v) is 30.8. The molecule has 54 heavy (non-hydrogen) atoms. The van der Waals surface area contributed by atoms with E-state index >= 15 is 0 Å². The molecule has 0 atom stereocenters. The van der Waals surface area contributed by atoms with Crippen LogP contribution in [0.2, 0.25) is 0 Å². The molecule has 7 aromatic carbocycles. The van der Waals surface area contributed by atoms with Crippen LogP contribution in [0.5, 0.6) is 5.75 Å². The van der Waals surface area contributed by atoms with Crippen molar-refractivity contribution >= 4 is 55.4 Å². The van der Waals surface area contributed by atoms with Crippen LogP contribution in [-0.2, 0) is 5.41 Å². The molecule has 0 aliphatic rings. The third kappa shape index (κ3) is 6.14. The molecule has 9 rings (SSSR count). The predicted molar refractivity (Wildman–Crippen MR) is 223 cm³/mol. The van der Waals surface area contributed by atoms with Gasteiger partial charge in [-0.3, -0.25) is 4.99 Å². The molecular formula is C48H35FN2O2S. The number of phenolic OH excluding ortho intramolecular Hbond substituents is 1. The largest absolute Gasteiger partial charge is 0.507 e. The quantitative estimate of drug-likeness (QED) is 0.174. The number of aliphatic imine (C=N–C) groups is 1. The Labute approximate surface area is 316 Å². The van der Waals surface area contributed by atoms with Crippen LogP contribution in [0, 0.1) is 5.82 Å². The molecule has 1 N–H and O–H groups in total. The maximum absolute atomic E-state index is 13.6.